The van der Waals surface area contributed by atoms with Crippen LogP contribution in [0.25, 0.3) is 0 Å². The van der Waals surface area contributed by atoms with Crippen LogP contribution in [0.3, 0.4) is 0 Å². The van der Waals surface area contributed by atoms with E-state index in [1.54, 1.807) is 0 Å². The maximum absolute atomic E-state index is 11.3. The van der Waals surface area contributed by atoms with Gasteiger partial charge >= 0.3 is 5.97 Å². The maximum atomic E-state index is 11.3. The normalized spacial score (nSPS) is 18.8. The van der Waals surface area contributed by atoms with Crippen molar-refractivity contribution in [1.29, 1.82) is 0 Å². The number of carbonyl (C=O) groups excluding carboxylic acids is 2. The molecule has 5 heteroatoms. The summed E-state index contributed by atoms with van der Waals surface area (Å²) in [7, 11) is 1.29. The van der Waals surface area contributed by atoms with E-state index in [0.717, 1.165) is 10.6 Å². The van der Waals surface area contributed by atoms with Crippen molar-refractivity contribution in [3.63, 3.8) is 0 Å². The van der Waals surface area contributed by atoms with Crippen LogP contribution >= 0.6 is 0 Å². The summed E-state index contributed by atoms with van der Waals surface area (Å²) in [4.78, 5) is 27.8. The second kappa shape index (κ2) is 4.97. The molecule has 1 fully saturated rings. The molecule has 0 radical (unpaired) electrons. The van der Waals surface area contributed by atoms with Crippen molar-refractivity contribution in [2.45, 2.75) is 19.1 Å². The third kappa shape index (κ3) is 2.45. The van der Waals surface area contributed by atoms with Crippen molar-refractivity contribution in [2.75, 3.05) is 7.11 Å². The minimum atomic E-state index is -0.601. The molecule has 0 aromatic heterocycles. The average Bonchev–Trinajstić information content (AvgIpc) is 2.36. The number of hydrogen-bond acceptors (Lipinski definition) is 4. The van der Waals surface area contributed by atoms with Crippen molar-refractivity contribution < 1.29 is 19.2 Å². The molecule has 1 saturated heterocycles. The third-order valence-electron chi connectivity index (χ3n) is 2.58. The lowest BCUT2D eigenvalue weighted by Crippen LogP contribution is -2.56. The lowest BCUT2D eigenvalue weighted by Gasteiger charge is -2.36. The number of nitrogens with zero attached hydrogens (tertiary/aromatic N) is 1. The van der Waals surface area contributed by atoms with Crippen LogP contribution in [0.1, 0.15) is 12.0 Å². The smallest absolute Gasteiger partial charge is 0.331 e. The SMILES string of the molecule is COC(=O)[C@@H]1CC(=O)N1OCc1ccccc1. The Morgan fingerprint density at radius 3 is 2.71 bits per heavy atom. The van der Waals surface area contributed by atoms with E-state index < -0.39 is 12.0 Å². The predicted molar refractivity (Wildman–Crippen MR) is 58.5 cm³/mol. The van der Waals surface area contributed by atoms with Crippen molar-refractivity contribution >= 4 is 11.9 Å². The standard InChI is InChI=1S/C12H13NO4/c1-16-12(15)10-7-11(14)13(10)17-8-9-5-3-2-4-6-9/h2-6,10H,7-8H2,1H3/t10-/m0/s1. The van der Waals surface area contributed by atoms with Crippen molar-refractivity contribution in [2.24, 2.45) is 0 Å². The van der Waals surface area contributed by atoms with E-state index >= 15 is 0 Å². The number of ether oxygens (including phenoxy) is 1. The Morgan fingerprint density at radius 1 is 1.41 bits per heavy atom. The highest BCUT2D eigenvalue weighted by molar-refractivity contribution is 5.94. The fourth-order valence-corrected chi connectivity index (χ4v) is 1.60. The van der Waals surface area contributed by atoms with E-state index in [9.17, 15) is 9.59 Å². The summed E-state index contributed by atoms with van der Waals surface area (Å²) >= 11 is 0. The van der Waals surface area contributed by atoms with Gasteiger partial charge in [-0.1, -0.05) is 30.3 Å². The number of rotatable bonds is 4. The van der Waals surface area contributed by atoms with Crippen LogP contribution in [-0.2, 0) is 25.8 Å². The first-order valence-corrected chi connectivity index (χ1v) is 5.29. The van der Waals surface area contributed by atoms with Crippen LogP contribution in [0.5, 0.6) is 0 Å². The molecule has 2 rings (SSSR count). The van der Waals surface area contributed by atoms with Crippen molar-refractivity contribution in [1.82, 2.24) is 5.06 Å². The molecule has 1 aromatic rings. The molecule has 90 valence electrons. The Balaban J connectivity index is 1.90. The highest BCUT2D eigenvalue weighted by Crippen LogP contribution is 2.21. The zero-order chi connectivity index (χ0) is 12.3. The fraction of sp³-hybridized carbons (Fsp3) is 0.333. The number of hydroxylamine groups is 2. The van der Waals surface area contributed by atoms with E-state index in [2.05, 4.69) is 4.74 Å². The van der Waals surface area contributed by atoms with Crippen LogP contribution in [0.15, 0.2) is 30.3 Å². The molecule has 0 bridgehead atoms. The largest absolute Gasteiger partial charge is 0.467 e. The minimum Gasteiger partial charge on any atom is -0.467 e. The fourth-order valence-electron chi connectivity index (χ4n) is 1.60. The Morgan fingerprint density at radius 2 is 2.12 bits per heavy atom. The molecular formula is C12H13NO4. The summed E-state index contributed by atoms with van der Waals surface area (Å²) in [6, 6.07) is 8.84. The van der Waals surface area contributed by atoms with Crippen molar-refractivity contribution in [3.05, 3.63) is 35.9 Å². The first kappa shape index (κ1) is 11.6. The summed E-state index contributed by atoms with van der Waals surface area (Å²) in [5.41, 5.74) is 0.941. The lowest BCUT2D eigenvalue weighted by molar-refractivity contribution is -0.236. The molecule has 0 aliphatic carbocycles. The number of amides is 1. The zero-order valence-electron chi connectivity index (χ0n) is 9.46. The molecular weight excluding hydrogens is 222 g/mol. The van der Waals surface area contributed by atoms with Gasteiger partial charge in [-0.3, -0.25) is 9.63 Å². The number of carbonyl (C=O) groups is 2. The number of esters is 1. The van der Waals surface area contributed by atoms with E-state index in [0.29, 0.717) is 0 Å². The molecule has 1 aliphatic heterocycles. The zero-order valence-corrected chi connectivity index (χ0v) is 9.46. The van der Waals surface area contributed by atoms with Gasteiger partial charge in [0.2, 0.25) is 5.91 Å². The summed E-state index contributed by atoms with van der Waals surface area (Å²) in [5.74, 6) is -0.644. The van der Waals surface area contributed by atoms with Gasteiger partial charge in [-0.25, -0.2) is 9.86 Å². The molecule has 0 saturated carbocycles. The van der Waals surface area contributed by atoms with Gasteiger partial charge in [-0.15, -0.1) is 0 Å². The maximum Gasteiger partial charge on any atom is 0.331 e. The van der Waals surface area contributed by atoms with Crippen molar-refractivity contribution in [3.8, 4) is 0 Å². The molecule has 1 aromatic carbocycles. The average molecular weight is 235 g/mol. The van der Waals surface area contributed by atoms with Gasteiger partial charge in [0.15, 0.2) is 6.04 Å². The molecule has 1 aliphatic rings. The summed E-state index contributed by atoms with van der Waals surface area (Å²) in [6.45, 7) is 0.264. The first-order chi connectivity index (χ1) is 8.22. The molecule has 0 spiro atoms. The van der Waals surface area contributed by atoms with Gasteiger partial charge in [0.05, 0.1) is 13.5 Å². The Kier molecular flexibility index (Phi) is 3.39. The molecule has 1 heterocycles. The van der Waals surface area contributed by atoms with Gasteiger partial charge in [-0.05, 0) is 5.56 Å². The van der Waals surface area contributed by atoms with Gasteiger partial charge in [0, 0.05) is 0 Å². The van der Waals surface area contributed by atoms with E-state index in [1.807, 2.05) is 30.3 Å². The molecule has 0 N–H and O–H groups in total. The molecule has 1 amide bonds. The van der Waals surface area contributed by atoms with Crippen LogP contribution in [0.4, 0.5) is 0 Å². The van der Waals surface area contributed by atoms with Gasteiger partial charge in [0.1, 0.15) is 6.61 Å². The number of methoxy groups -OCH3 is 1. The quantitative estimate of drug-likeness (QED) is 0.574. The van der Waals surface area contributed by atoms with E-state index in [-0.39, 0.29) is 18.9 Å². The highest BCUT2D eigenvalue weighted by Gasteiger charge is 2.43. The second-order valence-electron chi connectivity index (χ2n) is 3.72. The Labute approximate surface area is 98.9 Å². The van der Waals surface area contributed by atoms with Crippen LogP contribution in [0, 0.1) is 0 Å². The van der Waals surface area contributed by atoms with Gasteiger partial charge in [0.25, 0.3) is 0 Å². The number of β-lactam (4-membered cyclic amide) rings is 1. The first-order valence-electron chi connectivity index (χ1n) is 5.29. The summed E-state index contributed by atoms with van der Waals surface area (Å²) in [6.07, 6.45) is 0.154. The van der Waals surface area contributed by atoms with Crippen LogP contribution in [0.2, 0.25) is 0 Å². The Bertz CT molecular complexity index is 418. The number of hydrogen-bond donors (Lipinski definition) is 0. The highest BCUT2D eigenvalue weighted by atomic mass is 16.7. The Hall–Kier alpha value is -1.88. The minimum absolute atomic E-state index is 0.154. The summed E-state index contributed by atoms with van der Waals surface area (Å²) < 4.78 is 4.57. The second-order valence-corrected chi connectivity index (χ2v) is 3.72. The van der Waals surface area contributed by atoms with Crippen LogP contribution in [-0.4, -0.2) is 30.1 Å². The third-order valence-corrected chi connectivity index (χ3v) is 2.58. The lowest BCUT2D eigenvalue weighted by atomic mass is 10.1. The van der Waals surface area contributed by atoms with Gasteiger partial charge < -0.3 is 4.74 Å². The van der Waals surface area contributed by atoms with E-state index in [1.165, 1.54) is 7.11 Å². The van der Waals surface area contributed by atoms with E-state index in [4.69, 9.17) is 4.84 Å². The number of benzene rings is 1. The molecule has 1 atom stereocenters. The predicted octanol–water partition coefficient (Wildman–Crippen LogP) is 0.892. The summed E-state index contributed by atoms with van der Waals surface area (Å²) in [5, 5.41) is 1.08. The van der Waals surface area contributed by atoms with Gasteiger partial charge in [-0.2, -0.15) is 0 Å². The molecule has 5 nitrogen and oxygen atoms in total. The monoisotopic (exact) mass is 235 g/mol. The topological polar surface area (TPSA) is 55.8 Å². The van der Waals surface area contributed by atoms with Crippen LogP contribution < -0.4 is 0 Å². The molecule has 0 unspecified atom stereocenters. The molecule has 17 heavy (non-hydrogen) atoms.